The fourth-order valence-electron chi connectivity index (χ4n) is 3.11. The van der Waals surface area contributed by atoms with Gasteiger partial charge in [-0.1, -0.05) is 11.6 Å². The predicted octanol–water partition coefficient (Wildman–Crippen LogP) is 3.11. The summed E-state index contributed by atoms with van der Waals surface area (Å²) in [5.41, 5.74) is 1.18. The molecule has 2 heterocycles. The van der Waals surface area contributed by atoms with Gasteiger partial charge in [0.1, 0.15) is 13.2 Å². The van der Waals surface area contributed by atoms with Crippen molar-refractivity contribution >= 4 is 24.0 Å². The van der Waals surface area contributed by atoms with E-state index in [0.29, 0.717) is 30.0 Å². The van der Waals surface area contributed by atoms with Crippen molar-refractivity contribution in [1.82, 2.24) is 10.2 Å². The maximum absolute atomic E-state index is 6.31. The van der Waals surface area contributed by atoms with Gasteiger partial charge in [-0.25, -0.2) is 0 Å². The van der Waals surface area contributed by atoms with Crippen molar-refractivity contribution < 1.29 is 9.47 Å². The molecule has 0 aromatic heterocycles. The van der Waals surface area contributed by atoms with E-state index in [1.54, 1.807) is 0 Å². The van der Waals surface area contributed by atoms with E-state index in [9.17, 15) is 0 Å². The molecule has 0 radical (unpaired) electrons. The van der Waals surface area contributed by atoms with Crippen molar-refractivity contribution in [2.45, 2.75) is 31.8 Å². The van der Waals surface area contributed by atoms with E-state index in [1.165, 1.54) is 24.8 Å². The zero-order valence-electron chi connectivity index (χ0n) is 12.9. The molecular formula is C16H24Cl2N2O2. The quantitative estimate of drug-likeness (QED) is 0.911. The molecule has 6 heteroatoms. The summed E-state index contributed by atoms with van der Waals surface area (Å²) < 4.78 is 11.2. The van der Waals surface area contributed by atoms with Crippen molar-refractivity contribution in [3.8, 4) is 11.5 Å². The fourth-order valence-corrected chi connectivity index (χ4v) is 3.40. The molecule has 22 heavy (non-hydrogen) atoms. The van der Waals surface area contributed by atoms with Gasteiger partial charge >= 0.3 is 0 Å². The zero-order valence-corrected chi connectivity index (χ0v) is 14.5. The van der Waals surface area contributed by atoms with Crippen molar-refractivity contribution in [3.63, 3.8) is 0 Å². The SMILES string of the molecule is CN(Cc1cc(Cl)c2c(c1)OCCO2)C1CCCNCC1.Cl. The lowest BCUT2D eigenvalue weighted by atomic mass is 10.1. The van der Waals surface area contributed by atoms with Gasteiger partial charge in [-0.2, -0.15) is 0 Å². The Hall–Kier alpha value is -0.680. The summed E-state index contributed by atoms with van der Waals surface area (Å²) in [6.07, 6.45) is 3.70. The fraction of sp³-hybridized carbons (Fsp3) is 0.625. The van der Waals surface area contributed by atoms with Gasteiger partial charge < -0.3 is 14.8 Å². The van der Waals surface area contributed by atoms with Crippen LogP contribution in [0.3, 0.4) is 0 Å². The number of ether oxygens (including phenoxy) is 2. The number of benzene rings is 1. The van der Waals surface area contributed by atoms with Crippen molar-refractivity contribution in [1.29, 1.82) is 0 Å². The summed E-state index contributed by atoms with van der Waals surface area (Å²) in [6, 6.07) is 4.69. The number of hydrogen-bond acceptors (Lipinski definition) is 4. The minimum absolute atomic E-state index is 0. The van der Waals surface area contributed by atoms with Crippen LogP contribution in [0, 0.1) is 0 Å². The van der Waals surface area contributed by atoms with Crippen LogP contribution in [0.1, 0.15) is 24.8 Å². The smallest absolute Gasteiger partial charge is 0.179 e. The van der Waals surface area contributed by atoms with Crippen LogP contribution < -0.4 is 14.8 Å². The molecule has 124 valence electrons. The first-order valence-corrected chi connectivity index (χ1v) is 8.11. The molecular weight excluding hydrogens is 323 g/mol. The number of nitrogens with one attached hydrogen (secondary N) is 1. The Morgan fingerprint density at radius 3 is 2.91 bits per heavy atom. The predicted molar refractivity (Wildman–Crippen MR) is 91.7 cm³/mol. The topological polar surface area (TPSA) is 33.7 Å². The molecule has 0 amide bonds. The summed E-state index contributed by atoms with van der Waals surface area (Å²) in [7, 11) is 2.20. The first-order chi connectivity index (χ1) is 10.2. The van der Waals surface area contributed by atoms with Gasteiger partial charge in [0.25, 0.3) is 0 Å². The molecule has 1 unspecified atom stereocenters. The van der Waals surface area contributed by atoms with Crippen LogP contribution in [0.2, 0.25) is 5.02 Å². The molecule has 1 N–H and O–H groups in total. The molecule has 0 bridgehead atoms. The van der Waals surface area contributed by atoms with Crippen molar-refractivity contribution in [2.75, 3.05) is 33.4 Å². The largest absolute Gasteiger partial charge is 0.486 e. The molecule has 1 fully saturated rings. The second-order valence-electron chi connectivity index (χ2n) is 5.85. The third kappa shape index (κ3) is 4.19. The summed E-state index contributed by atoms with van der Waals surface area (Å²) in [4.78, 5) is 2.43. The standard InChI is InChI=1S/C16H23ClN2O2.ClH/c1-19(13-3-2-5-18-6-4-13)11-12-9-14(17)16-15(10-12)20-7-8-21-16;/h9-10,13,18H,2-8,11H2,1H3;1H. The molecule has 2 aliphatic heterocycles. The van der Waals surface area contributed by atoms with Gasteiger partial charge in [-0.15, -0.1) is 12.4 Å². The van der Waals surface area contributed by atoms with Crippen molar-refractivity contribution in [2.24, 2.45) is 0 Å². The number of rotatable bonds is 3. The van der Waals surface area contributed by atoms with Gasteiger partial charge in [0, 0.05) is 12.6 Å². The van der Waals surface area contributed by atoms with Crippen LogP contribution in [0.4, 0.5) is 0 Å². The van der Waals surface area contributed by atoms with E-state index in [1.807, 2.05) is 6.07 Å². The lowest BCUT2D eigenvalue weighted by Crippen LogP contribution is -2.32. The number of fused-ring (bicyclic) bond motifs is 1. The van der Waals surface area contributed by atoms with Crippen molar-refractivity contribution in [3.05, 3.63) is 22.7 Å². The Morgan fingerprint density at radius 1 is 1.23 bits per heavy atom. The Labute approximate surface area is 143 Å². The van der Waals surface area contributed by atoms with E-state index < -0.39 is 0 Å². The first-order valence-electron chi connectivity index (χ1n) is 7.73. The maximum Gasteiger partial charge on any atom is 0.179 e. The Balaban J connectivity index is 0.00000176. The first kappa shape index (κ1) is 17.7. The van der Waals surface area contributed by atoms with Gasteiger partial charge in [-0.3, -0.25) is 4.90 Å². The maximum atomic E-state index is 6.31. The zero-order chi connectivity index (χ0) is 14.7. The van der Waals surface area contributed by atoms with Crippen LogP contribution in [0.15, 0.2) is 12.1 Å². The van der Waals surface area contributed by atoms with E-state index in [0.717, 1.165) is 25.4 Å². The summed E-state index contributed by atoms with van der Waals surface area (Å²) in [5.74, 6) is 1.47. The van der Waals surface area contributed by atoms with E-state index in [-0.39, 0.29) is 12.4 Å². The number of halogens is 2. The average Bonchev–Trinajstić information content (AvgIpc) is 2.76. The monoisotopic (exact) mass is 346 g/mol. The van der Waals surface area contributed by atoms with Gasteiger partial charge in [0.15, 0.2) is 11.5 Å². The second kappa shape index (κ2) is 8.25. The van der Waals surface area contributed by atoms with Crippen LogP contribution in [0.25, 0.3) is 0 Å². The molecule has 0 aliphatic carbocycles. The molecule has 1 aromatic carbocycles. The minimum atomic E-state index is 0. The lowest BCUT2D eigenvalue weighted by Gasteiger charge is -2.27. The third-order valence-corrected chi connectivity index (χ3v) is 4.54. The number of hydrogen-bond donors (Lipinski definition) is 1. The van der Waals surface area contributed by atoms with E-state index in [4.69, 9.17) is 21.1 Å². The second-order valence-corrected chi connectivity index (χ2v) is 6.26. The lowest BCUT2D eigenvalue weighted by molar-refractivity contribution is 0.170. The summed E-state index contributed by atoms with van der Waals surface area (Å²) >= 11 is 6.31. The molecule has 4 nitrogen and oxygen atoms in total. The van der Waals surface area contributed by atoms with E-state index >= 15 is 0 Å². The molecule has 0 saturated carbocycles. The highest BCUT2D eigenvalue weighted by molar-refractivity contribution is 6.32. The molecule has 1 aromatic rings. The van der Waals surface area contributed by atoms with Crippen LogP contribution in [-0.2, 0) is 6.54 Å². The summed E-state index contributed by atoms with van der Waals surface area (Å²) in [6.45, 7) is 4.30. The third-order valence-electron chi connectivity index (χ3n) is 4.26. The normalized spacial score (nSPS) is 21.1. The Bertz CT molecular complexity index is 491. The minimum Gasteiger partial charge on any atom is -0.486 e. The van der Waals surface area contributed by atoms with Crippen LogP contribution >= 0.6 is 24.0 Å². The average molecular weight is 347 g/mol. The Kier molecular flexibility index (Phi) is 6.63. The van der Waals surface area contributed by atoms with Crippen LogP contribution in [0.5, 0.6) is 11.5 Å². The van der Waals surface area contributed by atoms with Gasteiger partial charge in [-0.05, 0) is 57.1 Å². The van der Waals surface area contributed by atoms with Crippen LogP contribution in [-0.4, -0.2) is 44.3 Å². The Morgan fingerprint density at radius 2 is 2.05 bits per heavy atom. The van der Waals surface area contributed by atoms with Gasteiger partial charge in [0.2, 0.25) is 0 Å². The highest BCUT2D eigenvalue weighted by Crippen LogP contribution is 2.38. The van der Waals surface area contributed by atoms with E-state index in [2.05, 4.69) is 23.3 Å². The summed E-state index contributed by atoms with van der Waals surface area (Å²) in [5, 5.41) is 4.11. The molecule has 1 saturated heterocycles. The molecule has 3 rings (SSSR count). The van der Waals surface area contributed by atoms with Gasteiger partial charge in [0.05, 0.1) is 5.02 Å². The number of nitrogens with zero attached hydrogens (tertiary/aromatic N) is 1. The molecule has 0 spiro atoms. The molecule has 1 atom stereocenters. The highest BCUT2D eigenvalue weighted by Gasteiger charge is 2.20. The molecule has 2 aliphatic rings. The highest BCUT2D eigenvalue weighted by atomic mass is 35.5.